The van der Waals surface area contributed by atoms with Crippen LogP contribution >= 0.6 is 11.6 Å². The first-order chi connectivity index (χ1) is 22.7. The summed E-state index contributed by atoms with van der Waals surface area (Å²) in [5, 5.41) is 17.3. The number of anilines is 2. The minimum Gasteiger partial charge on any atom is -0.480 e. The molecule has 254 valence electrons. The number of aromatic nitrogens is 4. The van der Waals surface area contributed by atoms with Crippen molar-refractivity contribution in [3.8, 4) is 22.7 Å². The van der Waals surface area contributed by atoms with Crippen LogP contribution in [0, 0.1) is 18.2 Å². The number of alkyl halides is 3. The molecule has 2 aliphatic heterocycles. The zero-order chi connectivity index (χ0) is 34.4. The van der Waals surface area contributed by atoms with E-state index >= 15 is 0 Å². The average molecular weight is 688 g/mol. The number of nitrogen functional groups attached to an aromatic ring is 1. The van der Waals surface area contributed by atoms with Crippen LogP contribution in [-0.2, 0) is 4.79 Å². The largest absolute Gasteiger partial charge is 0.480 e. The topological polar surface area (TPSA) is 131 Å². The third kappa shape index (κ3) is 6.76. The fourth-order valence-electron chi connectivity index (χ4n) is 6.96. The number of nitrogens with two attached hydrogens (primary N) is 1. The Balaban J connectivity index is 1.31. The maximum Gasteiger partial charge on any atom is 0.429 e. The lowest BCUT2D eigenvalue weighted by atomic mass is 9.71. The van der Waals surface area contributed by atoms with Crippen molar-refractivity contribution in [1.29, 1.82) is 0 Å². The van der Waals surface area contributed by atoms with Crippen molar-refractivity contribution in [2.45, 2.75) is 63.9 Å². The van der Waals surface area contributed by atoms with Crippen LogP contribution in [0.15, 0.2) is 54.7 Å². The van der Waals surface area contributed by atoms with Crippen molar-refractivity contribution in [1.82, 2.24) is 25.1 Å². The van der Waals surface area contributed by atoms with Crippen LogP contribution in [0.4, 0.5) is 29.3 Å². The number of hydrogen-bond donors (Lipinski definition) is 3. The Hall–Kier alpha value is -4.43. The van der Waals surface area contributed by atoms with Crippen LogP contribution in [0.25, 0.3) is 16.8 Å². The molecule has 2 aromatic carbocycles. The molecule has 2 fully saturated rings. The van der Waals surface area contributed by atoms with E-state index in [1.54, 1.807) is 13.0 Å². The van der Waals surface area contributed by atoms with E-state index in [4.69, 9.17) is 22.1 Å². The van der Waals surface area contributed by atoms with E-state index in [2.05, 4.69) is 20.4 Å². The maximum absolute atomic E-state index is 14.9. The zero-order valence-corrected chi connectivity index (χ0v) is 26.9. The van der Waals surface area contributed by atoms with Gasteiger partial charge < -0.3 is 25.8 Å². The Morgan fingerprint density at radius 2 is 1.90 bits per heavy atom. The number of carboxylic acid groups (broad SMARTS) is 1. The number of carboxylic acids is 1. The van der Waals surface area contributed by atoms with Gasteiger partial charge in [-0.1, -0.05) is 30.7 Å². The molecule has 0 amide bonds. The summed E-state index contributed by atoms with van der Waals surface area (Å²) in [4.78, 5) is 21.9. The fourth-order valence-corrected chi connectivity index (χ4v) is 7.19. The van der Waals surface area contributed by atoms with Gasteiger partial charge in [-0.25, -0.2) is 9.07 Å². The summed E-state index contributed by atoms with van der Waals surface area (Å²) < 4.78 is 65.7. The Morgan fingerprint density at radius 1 is 1.15 bits per heavy atom. The highest BCUT2D eigenvalue weighted by atomic mass is 35.5. The van der Waals surface area contributed by atoms with E-state index < -0.39 is 30.1 Å². The second-order valence-corrected chi connectivity index (χ2v) is 12.8. The summed E-state index contributed by atoms with van der Waals surface area (Å²) in [5.74, 6) is -1.79. The number of nitrogens with zero attached hydrogens (tertiary/aromatic N) is 5. The molecule has 0 radical (unpaired) electrons. The number of ether oxygens (including phenoxy) is 1. The summed E-state index contributed by atoms with van der Waals surface area (Å²) in [7, 11) is 0. The monoisotopic (exact) mass is 687 g/mol. The summed E-state index contributed by atoms with van der Waals surface area (Å²) in [5.41, 5.74) is 6.93. The second-order valence-electron chi connectivity index (χ2n) is 12.4. The van der Waals surface area contributed by atoms with Crippen LogP contribution in [0.1, 0.15) is 50.0 Å². The number of aryl methyl sites for hydroxylation is 1. The smallest absolute Gasteiger partial charge is 0.429 e. The van der Waals surface area contributed by atoms with Gasteiger partial charge in [0.1, 0.15) is 17.7 Å². The molecular weight excluding hydrogens is 654 g/mol. The van der Waals surface area contributed by atoms with Gasteiger partial charge in [-0.3, -0.25) is 4.79 Å². The summed E-state index contributed by atoms with van der Waals surface area (Å²) in [6, 6.07) is 10.4. The molecule has 2 aliphatic rings. The minimum atomic E-state index is -4.90. The lowest BCUT2D eigenvalue weighted by Gasteiger charge is -2.43. The van der Waals surface area contributed by atoms with E-state index in [0.29, 0.717) is 55.0 Å². The molecule has 4 heterocycles. The SMILES string of the molecule is CCC1NC(C(=O)O)CC12CCN(c1cc(O[C@H](c3ccc(-c4cc(F)cc(Cl)c4)cc3-n3ccc(C)n3)C(F)(F)F)nc(N)n1)CC2. The van der Waals surface area contributed by atoms with E-state index in [0.717, 1.165) is 12.5 Å². The number of piperidine rings is 1. The first-order valence-corrected chi connectivity index (χ1v) is 15.9. The average Bonchev–Trinajstić information content (AvgIpc) is 3.62. The molecule has 10 nitrogen and oxygen atoms in total. The molecule has 2 saturated heterocycles. The van der Waals surface area contributed by atoms with E-state index in [9.17, 15) is 27.5 Å². The van der Waals surface area contributed by atoms with Gasteiger partial charge in [0, 0.05) is 42.0 Å². The van der Waals surface area contributed by atoms with Gasteiger partial charge in [0.25, 0.3) is 0 Å². The van der Waals surface area contributed by atoms with Crippen molar-refractivity contribution in [2.24, 2.45) is 5.41 Å². The molecule has 2 aromatic heterocycles. The normalized spacial score (nSPS) is 19.9. The lowest BCUT2D eigenvalue weighted by molar-refractivity contribution is -0.198. The third-order valence-corrected chi connectivity index (χ3v) is 9.48. The predicted molar refractivity (Wildman–Crippen MR) is 172 cm³/mol. The molecule has 15 heteroatoms. The van der Waals surface area contributed by atoms with E-state index in [1.165, 1.54) is 47.3 Å². The number of rotatable bonds is 8. The Kier molecular flexibility index (Phi) is 8.98. The maximum atomic E-state index is 14.9. The molecule has 6 rings (SSSR count). The number of benzene rings is 2. The summed E-state index contributed by atoms with van der Waals surface area (Å²) in [6.45, 7) is 4.72. The van der Waals surface area contributed by atoms with Gasteiger partial charge >= 0.3 is 12.1 Å². The molecule has 1 spiro atoms. The van der Waals surface area contributed by atoms with E-state index in [-0.39, 0.29) is 39.6 Å². The Labute approximate surface area is 278 Å². The predicted octanol–water partition coefficient (Wildman–Crippen LogP) is 6.51. The van der Waals surface area contributed by atoms with Gasteiger partial charge in [-0.2, -0.15) is 28.2 Å². The van der Waals surface area contributed by atoms with Crippen LogP contribution < -0.4 is 20.7 Å². The van der Waals surface area contributed by atoms with Gasteiger partial charge in [-0.15, -0.1) is 0 Å². The van der Waals surface area contributed by atoms with Gasteiger partial charge in [-0.05, 0) is 79.5 Å². The summed E-state index contributed by atoms with van der Waals surface area (Å²) in [6.07, 6.45) is -3.24. The van der Waals surface area contributed by atoms with Gasteiger partial charge in [0.15, 0.2) is 0 Å². The summed E-state index contributed by atoms with van der Waals surface area (Å²) >= 11 is 6.06. The standard InChI is InChI=1S/C33H34ClF4N7O3/c1-3-26-32(17-24(40-26)30(46)47)7-10-44(11-8-32)27-16-28(42-31(39)41-27)48-29(33(36,37)38)23-5-4-19(20-12-21(34)15-22(35)13-20)14-25(23)45-9-6-18(2)43-45/h4-6,9,12-16,24,26,29,40H,3,7-8,10-11,17H2,1-2H3,(H,46,47)(H2,39,41,42)/t24?,26?,29-/m1/s1. The van der Waals surface area contributed by atoms with Gasteiger partial charge in [0.05, 0.1) is 11.4 Å². The lowest BCUT2D eigenvalue weighted by Crippen LogP contribution is -2.46. The molecule has 2 unspecified atom stereocenters. The van der Waals surface area contributed by atoms with Crippen LogP contribution in [0.5, 0.6) is 5.88 Å². The molecule has 0 aliphatic carbocycles. The number of aliphatic carboxylic acids is 1. The third-order valence-electron chi connectivity index (χ3n) is 9.26. The number of nitrogens with one attached hydrogen (secondary N) is 1. The highest BCUT2D eigenvalue weighted by Gasteiger charge is 2.50. The molecular formula is C33H34ClF4N7O3. The molecule has 3 atom stereocenters. The van der Waals surface area contributed by atoms with Gasteiger partial charge in [0.2, 0.25) is 17.9 Å². The minimum absolute atomic E-state index is 0.0414. The molecule has 4 N–H and O–H groups in total. The first-order valence-electron chi connectivity index (χ1n) is 15.5. The fraction of sp³-hybridized carbons (Fsp3) is 0.394. The van der Waals surface area contributed by atoms with E-state index in [1.807, 2.05) is 11.8 Å². The molecule has 0 bridgehead atoms. The van der Waals surface area contributed by atoms with Crippen molar-refractivity contribution < 1.29 is 32.2 Å². The van der Waals surface area contributed by atoms with Crippen LogP contribution in [0.2, 0.25) is 5.02 Å². The highest BCUT2D eigenvalue weighted by Crippen LogP contribution is 2.46. The van der Waals surface area contributed by atoms with Crippen molar-refractivity contribution >= 4 is 29.3 Å². The van der Waals surface area contributed by atoms with Crippen molar-refractivity contribution in [2.75, 3.05) is 23.7 Å². The van der Waals surface area contributed by atoms with Crippen molar-refractivity contribution in [3.05, 3.63) is 76.8 Å². The van der Waals surface area contributed by atoms with Crippen molar-refractivity contribution in [3.63, 3.8) is 0 Å². The molecule has 48 heavy (non-hydrogen) atoms. The number of hydrogen-bond acceptors (Lipinski definition) is 8. The second kappa shape index (κ2) is 12.9. The zero-order valence-electron chi connectivity index (χ0n) is 26.1. The highest BCUT2D eigenvalue weighted by molar-refractivity contribution is 6.30. The Bertz CT molecular complexity index is 1810. The number of halogens is 5. The molecule has 4 aromatic rings. The Morgan fingerprint density at radius 3 is 2.52 bits per heavy atom. The first kappa shape index (κ1) is 33.5. The number of carbonyl (C=O) groups is 1. The quantitative estimate of drug-likeness (QED) is 0.178. The van der Waals surface area contributed by atoms with Crippen LogP contribution in [0.3, 0.4) is 0 Å². The molecule has 0 saturated carbocycles. The van der Waals surface area contributed by atoms with Crippen LogP contribution in [-0.4, -0.2) is 62.2 Å².